The summed E-state index contributed by atoms with van der Waals surface area (Å²) >= 11 is 4.91. The number of hydrazine groups is 1. The number of hydrogen-bond donors (Lipinski definition) is 4. The molecular formula is C14H18N4O2S. The molecule has 7 heteroatoms. The molecule has 0 spiro atoms. The lowest BCUT2D eigenvalue weighted by molar-refractivity contribution is -0.136. The highest BCUT2D eigenvalue weighted by Crippen LogP contribution is 2.07. The standard InChI is InChI=1S/C14H18N4O2S/c1-9(2)8-15-14(21)18-17-13(20)12(19)16-11-6-4-10(3)5-7-11/h4-7H,1,8H2,2-3H3,(H,16,19)(H,17,20)(H2,15,18,21). The van der Waals surface area contributed by atoms with Gasteiger partial charge in [0.2, 0.25) is 0 Å². The van der Waals surface area contributed by atoms with Crippen molar-refractivity contribution < 1.29 is 9.59 Å². The van der Waals surface area contributed by atoms with Crippen molar-refractivity contribution in [1.29, 1.82) is 0 Å². The van der Waals surface area contributed by atoms with Crippen LogP contribution in [0.5, 0.6) is 0 Å². The summed E-state index contributed by atoms with van der Waals surface area (Å²) in [6.45, 7) is 7.95. The second kappa shape index (κ2) is 8.01. The zero-order valence-electron chi connectivity index (χ0n) is 11.9. The van der Waals surface area contributed by atoms with E-state index in [0.29, 0.717) is 12.2 Å². The molecular weight excluding hydrogens is 288 g/mol. The second-order valence-electron chi connectivity index (χ2n) is 4.54. The van der Waals surface area contributed by atoms with Crippen LogP contribution >= 0.6 is 12.2 Å². The van der Waals surface area contributed by atoms with Gasteiger partial charge in [-0.3, -0.25) is 20.4 Å². The molecule has 0 heterocycles. The Morgan fingerprint density at radius 3 is 2.33 bits per heavy atom. The van der Waals surface area contributed by atoms with Gasteiger partial charge in [-0.15, -0.1) is 0 Å². The zero-order valence-corrected chi connectivity index (χ0v) is 12.8. The minimum absolute atomic E-state index is 0.203. The third-order valence-electron chi connectivity index (χ3n) is 2.36. The van der Waals surface area contributed by atoms with Crippen LogP contribution in [-0.2, 0) is 9.59 Å². The van der Waals surface area contributed by atoms with Crippen LogP contribution in [0.2, 0.25) is 0 Å². The Morgan fingerprint density at radius 1 is 1.14 bits per heavy atom. The van der Waals surface area contributed by atoms with Gasteiger partial charge in [0.1, 0.15) is 0 Å². The minimum atomic E-state index is -0.838. The molecule has 0 atom stereocenters. The first-order valence-corrected chi connectivity index (χ1v) is 6.65. The van der Waals surface area contributed by atoms with E-state index in [1.807, 2.05) is 26.0 Å². The van der Waals surface area contributed by atoms with Crippen molar-refractivity contribution >= 4 is 34.8 Å². The molecule has 4 N–H and O–H groups in total. The fraction of sp³-hybridized carbons (Fsp3) is 0.214. The highest BCUT2D eigenvalue weighted by Gasteiger charge is 2.13. The normalized spacial score (nSPS) is 9.43. The number of carbonyl (C=O) groups excluding carboxylic acids is 2. The Labute approximate surface area is 129 Å². The van der Waals surface area contributed by atoms with E-state index in [9.17, 15) is 9.59 Å². The Morgan fingerprint density at radius 2 is 1.76 bits per heavy atom. The van der Waals surface area contributed by atoms with Gasteiger partial charge in [0.25, 0.3) is 0 Å². The number of carbonyl (C=O) groups is 2. The Hall–Kier alpha value is -2.41. The zero-order chi connectivity index (χ0) is 15.8. The van der Waals surface area contributed by atoms with Gasteiger partial charge in [-0.2, -0.15) is 0 Å². The molecule has 1 aromatic carbocycles. The van der Waals surface area contributed by atoms with E-state index in [-0.39, 0.29) is 5.11 Å². The number of rotatable bonds is 3. The molecule has 0 aliphatic carbocycles. The third kappa shape index (κ3) is 6.53. The van der Waals surface area contributed by atoms with Gasteiger partial charge in [-0.1, -0.05) is 29.8 Å². The number of nitrogens with one attached hydrogen (secondary N) is 4. The fourth-order valence-electron chi connectivity index (χ4n) is 1.27. The number of amides is 2. The molecule has 0 unspecified atom stereocenters. The smallest absolute Gasteiger partial charge is 0.328 e. The van der Waals surface area contributed by atoms with E-state index >= 15 is 0 Å². The molecule has 112 valence electrons. The highest BCUT2D eigenvalue weighted by molar-refractivity contribution is 7.80. The summed E-state index contributed by atoms with van der Waals surface area (Å²) in [6, 6.07) is 7.10. The molecule has 0 aromatic heterocycles. The summed E-state index contributed by atoms with van der Waals surface area (Å²) in [5.74, 6) is -1.62. The summed E-state index contributed by atoms with van der Waals surface area (Å²) in [4.78, 5) is 23.2. The van der Waals surface area contributed by atoms with Crippen molar-refractivity contribution in [1.82, 2.24) is 16.2 Å². The molecule has 1 aromatic rings. The number of benzene rings is 1. The monoisotopic (exact) mass is 306 g/mol. The van der Waals surface area contributed by atoms with Gasteiger partial charge in [-0.25, -0.2) is 0 Å². The van der Waals surface area contributed by atoms with Crippen LogP contribution in [0.1, 0.15) is 12.5 Å². The molecule has 2 amide bonds. The lowest BCUT2D eigenvalue weighted by Gasteiger charge is -2.11. The van der Waals surface area contributed by atoms with Gasteiger partial charge < -0.3 is 10.6 Å². The molecule has 21 heavy (non-hydrogen) atoms. The van der Waals surface area contributed by atoms with Crippen LogP contribution in [0.4, 0.5) is 5.69 Å². The van der Waals surface area contributed by atoms with E-state index in [1.165, 1.54) is 0 Å². The van der Waals surface area contributed by atoms with Crippen LogP contribution in [0.3, 0.4) is 0 Å². The first kappa shape index (κ1) is 16.6. The predicted octanol–water partition coefficient (Wildman–Crippen LogP) is 1.00. The van der Waals surface area contributed by atoms with Gasteiger partial charge in [0.15, 0.2) is 5.11 Å². The fourth-order valence-corrected chi connectivity index (χ4v) is 1.39. The first-order chi connectivity index (χ1) is 9.88. The maximum absolute atomic E-state index is 11.6. The summed E-state index contributed by atoms with van der Waals surface area (Å²) in [7, 11) is 0. The SMILES string of the molecule is C=C(C)CNC(=S)NNC(=O)C(=O)Nc1ccc(C)cc1. The molecule has 0 aliphatic heterocycles. The van der Waals surface area contributed by atoms with Gasteiger partial charge in [-0.05, 0) is 38.2 Å². The van der Waals surface area contributed by atoms with E-state index in [2.05, 4.69) is 28.1 Å². The van der Waals surface area contributed by atoms with E-state index in [4.69, 9.17) is 12.2 Å². The summed E-state index contributed by atoms with van der Waals surface area (Å²) in [6.07, 6.45) is 0. The van der Waals surface area contributed by atoms with Gasteiger partial charge >= 0.3 is 11.8 Å². The van der Waals surface area contributed by atoms with Crippen LogP contribution in [0.15, 0.2) is 36.4 Å². The van der Waals surface area contributed by atoms with E-state index in [0.717, 1.165) is 11.1 Å². The topological polar surface area (TPSA) is 82.3 Å². The molecule has 0 bridgehead atoms. The van der Waals surface area contributed by atoms with E-state index in [1.54, 1.807) is 12.1 Å². The lowest BCUT2D eigenvalue weighted by atomic mass is 10.2. The van der Waals surface area contributed by atoms with Crippen molar-refractivity contribution in [2.75, 3.05) is 11.9 Å². The summed E-state index contributed by atoms with van der Waals surface area (Å²) in [5.41, 5.74) is 7.14. The molecule has 6 nitrogen and oxygen atoms in total. The molecule has 0 radical (unpaired) electrons. The minimum Gasteiger partial charge on any atom is -0.358 e. The predicted molar refractivity (Wildman–Crippen MR) is 86.5 cm³/mol. The maximum atomic E-state index is 11.6. The lowest BCUT2D eigenvalue weighted by Crippen LogP contribution is -2.50. The largest absolute Gasteiger partial charge is 0.358 e. The molecule has 1 rings (SSSR count). The Kier molecular flexibility index (Phi) is 6.35. The number of thiocarbonyl (C=S) groups is 1. The maximum Gasteiger partial charge on any atom is 0.328 e. The number of anilines is 1. The van der Waals surface area contributed by atoms with Gasteiger partial charge in [0, 0.05) is 12.2 Å². The van der Waals surface area contributed by atoms with Crippen LogP contribution in [0, 0.1) is 6.92 Å². The summed E-state index contributed by atoms with van der Waals surface area (Å²) < 4.78 is 0. The van der Waals surface area contributed by atoms with Gasteiger partial charge in [0.05, 0.1) is 0 Å². The average Bonchev–Trinajstić information content (AvgIpc) is 2.44. The van der Waals surface area contributed by atoms with Crippen molar-refractivity contribution in [2.45, 2.75) is 13.8 Å². The Balaban J connectivity index is 2.37. The third-order valence-corrected chi connectivity index (χ3v) is 2.60. The molecule has 0 saturated carbocycles. The first-order valence-electron chi connectivity index (χ1n) is 6.24. The highest BCUT2D eigenvalue weighted by atomic mass is 32.1. The van der Waals surface area contributed by atoms with Crippen molar-refractivity contribution in [3.05, 3.63) is 42.0 Å². The van der Waals surface area contributed by atoms with Crippen LogP contribution in [0.25, 0.3) is 0 Å². The van der Waals surface area contributed by atoms with Crippen LogP contribution < -0.4 is 21.5 Å². The quantitative estimate of drug-likeness (QED) is 0.290. The summed E-state index contributed by atoms with van der Waals surface area (Å²) in [5, 5.41) is 5.48. The van der Waals surface area contributed by atoms with E-state index < -0.39 is 11.8 Å². The second-order valence-corrected chi connectivity index (χ2v) is 4.95. The molecule has 0 saturated heterocycles. The number of hydrogen-bond acceptors (Lipinski definition) is 3. The van der Waals surface area contributed by atoms with Crippen molar-refractivity contribution in [3.8, 4) is 0 Å². The molecule has 0 fully saturated rings. The Bertz CT molecular complexity index is 555. The number of aryl methyl sites for hydroxylation is 1. The average molecular weight is 306 g/mol. The van der Waals surface area contributed by atoms with Crippen molar-refractivity contribution in [2.24, 2.45) is 0 Å². The van der Waals surface area contributed by atoms with Crippen LogP contribution in [-0.4, -0.2) is 23.5 Å². The molecule has 0 aliphatic rings. The van der Waals surface area contributed by atoms with Crippen molar-refractivity contribution in [3.63, 3.8) is 0 Å².